The Labute approximate surface area is 103 Å². The van der Waals surface area contributed by atoms with Gasteiger partial charge in [-0.15, -0.1) is 0 Å². The summed E-state index contributed by atoms with van der Waals surface area (Å²) in [5.74, 6) is -2.24. The van der Waals surface area contributed by atoms with Crippen molar-refractivity contribution in [1.82, 2.24) is 5.32 Å². The van der Waals surface area contributed by atoms with E-state index in [9.17, 15) is 9.59 Å². The van der Waals surface area contributed by atoms with E-state index in [1.807, 2.05) is 0 Å². The van der Waals surface area contributed by atoms with Gasteiger partial charge in [0, 0.05) is 5.02 Å². The average Bonchev–Trinajstić information content (AvgIpc) is 2.26. The Morgan fingerprint density at radius 1 is 1.18 bits per heavy atom. The van der Waals surface area contributed by atoms with Crippen LogP contribution in [0.4, 0.5) is 0 Å². The summed E-state index contributed by atoms with van der Waals surface area (Å²) >= 11 is 5.69. The van der Waals surface area contributed by atoms with Gasteiger partial charge in [0.15, 0.2) is 0 Å². The molecule has 1 aromatic rings. The van der Waals surface area contributed by atoms with Gasteiger partial charge in [-0.1, -0.05) is 23.7 Å². The van der Waals surface area contributed by atoms with Gasteiger partial charge in [0.1, 0.15) is 12.1 Å². The van der Waals surface area contributed by atoms with Gasteiger partial charge in [-0.25, -0.2) is 0 Å². The Kier molecular flexibility index (Phi) is 4.48. The number of rotatable bonds is 5. The van der Waals surface area contributed by atoms with E-state index in [0.29, 0.717) is 10.6 Å². The maximum Gasteiger partial charge on any atom is 0.325 e. The number of aliphatic carboxylic acids is 2. The van der Waals surface area contributed by atoms with Crippen LogP contribution in [0.25, 0.3) is 0 Å². The molecule has 0 spiro atoms. The highest BCUT2D eigenvalue weighted by molar-refractivity contribution is 6.30. The molecule has 0 saturated heterocycles. The van der Waals surface area contributed by atoms with E-state index in [4.69, 9.17) is 21.8 Å². The number of carboxylic acid groups (broad SMARTS) is 2. The fraction of sp³-hybridized carbons (Fsp3) is 0.273. The van der Waals surface area contributed by atoms with Crippen molar-refractivity contribution in [2.45, 2.75) is 19.0 Å². The van der Waals surface area contributed by atoms with E-state index in [2.05, 4.69) is 5.32 Å². The molecule has 0 aliphatic heterocycles. The lowest BCUT2D eigenvalue weighted by atomic mass is 10.1. The molecule has 0 saturated carbocycles. The molecule has 1 aromatic carbocycles. The third-order valence-corrected chi connectivity index (χ3v) is 2.49. The van der Waals surface area contributed by atoms with Crippen LogP contribution in [0.2, 0.25) is 5.02 Å². The molecule has 2 unspecified atom stereocenters. The molecule has 0 heterocycles. The number of hydrogen-bond acceptors (Lipinski definition) is 3. The molecule has 0 aliphatic rings. The van der Waals surface area contributed by atoms with Gasteiger partial charge in [0.25, 0.3) is 0 Å². The standard InChI is InChI=1S/C11H12ClNO4/c1-6(10(14)15)13-9(11(16)17)7-2-4-8(12)5-3-7/h2-6,9,13H,1H3,(H,14,15)(H,16,17). The minimum absolute atomic E-state index is 0.454. The second kappa shape index (κ2) is 5.65. The van der Waals surface area contributed by atoms with Crippen molar-refractivity contribution in [3.63, 3.8) is 0 Å². The van der Waals surface area contributed by atoms with Crippen molar-refractivity contribution >= 4 is 23.5 Å². The van der Waals surface area contributed by atoms with Gasteiger partial charge in [0.05, 0.1) is 0 Å². The first-order valence-corrected chi connectivity index (χ1v) is 5.26. The Hall–Kier alpha value is -1.59. The number of carboxylic acids is 2. The summed E-state index contributed by atoms with van der Waals surface area (Å²) in [5, 5.41) is 20.8. The second-order valence-electron chi connectivity index (χ2n) is 3.55. The van der Waals surface area contributed by atoms with Crippen molar-refractivity contribution in [2.24, 2.45) is 0 Å². The summed E-state index contributed by atoms with van der Waals surface area (Å²) in [5.41, 5.74) is 0.454. The fourth-order valence-corrected chi connectivity index (χ4v) is 1.41. The quantitative estimate of drug-likeness (QED) is 0.745. The number of halogens is 1. The molecule has 1 rings (SSSR count). The summed E-state index contributed by atoms with van der Waals surface area (Å²) in [6.07, 6.45) is 0. The van der Waals surface area contributed by atoms with Crippen LogP contribution in [0, 0.1) is 0 Å². The lowest BCUT2D eigenvalue weighted by Crippen LogP contribution is -2.40. The summed E-state index contributed by atoms with van der Waals surface area (Å²) < 4.78 is 0. The van der Waals surface area contributed by atoms with Gasteiger partial charge in [-0.05, 0) is 24.6 Å². The molecule has 92 valence electrons. The average molecular weight is 258 g/mol. The first-order valence-electron chi connectivity index (χ1n) is 4.89. The smallest absolute Gasteiger partial charge is 0.325 e. The van der Waals surface area contributed by atoms with Crippen molar-refractivity contribution in [3.05, 3.63) is 34.9 Å². The monoisotopic (exact) mass is 257 g/mol. The van der Waals surface area contributed by atoms with Gasteiger partial charge in [0.2, 0.25) is 0 Å². The predicted molar refractivity (Wildman–Crippen MR) is 62.1 cm³/mol. The van der Waals surface area contributed by atoms with Gasteiger partial charge in [-0.3, -0.25) is 14.9 Å². The minimum Gasteiger partial charge on any atom is -0.480 e. The SMILES string of the molecule is CC(NC(C(=O)O)c1ccc(Cl)cc1)C(=O)O. The van der Waals surface area contributed by atoms with Crippen molar-refractivity contribution < 1.29 is 19.8 Å². The largest absolute Gasteiger partial charge is 0.480 e. The Morgan fingerprint density at radius 2 is 1.71 bits per heavy atom. The van der Waals surface area contributed by atoms with Crippen molar-refractivity contribution in [3.8, 4) is 0 Å². The summed E-state index contributed by atoms with van der Waals surface area (Å²) in [4.78, 5) is 21.7. The maximum absolute atomic E-state index is 11.1. The normalized spacial score (nSPS) is 14.0. The van der Waals surface area contributed by atoms with Gasteiger partial charge >= 0.3 is 11.9 Å². The van der Waals surface area contributed by atoms with Crippen LogP contribution in [-0.4, -0.2) is 28.2 Å². The zero-order valence-corrected chi connectivity index (χ0v) is 9.81. The van der Waals surface area contributed by atoms with Crippen LogP contribution in [-0.2, 0) is 9.59 Å². The molecule has 0 radical (unpaired) electrons. The maximum atomic E-state index is 11.1. The lowest BCUT2D eigenvalue weighted by Gasteiger charge is -2.17. The van der Waals surface area contributed by atoms with Crippen molar-refractivity contribution in [2.75, 3.05) is 0 Å². The van der Waals surface area contributed by atoms with Crippen molar-refractivity contribution in [1.29, 1.82) is 0 Å². The van der Waals surface area contributed by atoms with E-state index in [0.717, 1.165) is 0 Å². The number of nitrogens with one attached hydrogen (secondary N) is 1. The fourth-order valence-electron chi connectivity index (χ4n) is 1.29. The molecular weight excluding hydrogens is 246 g/mol. The Bertz CT molecular complexity index is 418. The van der Waals surface area contributed by atoms with Gasteiger partial charge in [-0.2, -0.15) is 0 Å². The first-order chi connectivity index (χ1) is 7.91. The van der Waals surface area contributed by atoms with Crippen LogP contribution < -0.4 is 5.32 Å². The summed E-state index contributed by atoms with van der Waals surface area (Å²) in [7, 11) is 0. The molecule has 2 atom stereocenters. The first kappa shape index (κ1) is 13.5. The molecule has 0 aromatic heterocycles. The number of carbonyl (C=O) groups is 2. The highest BCUT2D eigenvalue weighted by atomic mass is 35.5. The topological polar surface area (TPSA) is 86.6 Å². The van der Waals surface area contributed by atoms with Crippen LogP contribution >= 0.6 is 11.6 Å². The molecule has 5 nitrogen and oxygen atoms in total. The number of benzene rings is 1. The zero-order valence-electron chi connectivity index (χ0n) is 9.05. The summed E-state index contributed by atoms with van der Waals surface area (Å²) in [6, 6.07) is 4.18. The second-order valence-corrected chi connectivity index (χ2v) is 3.99. The molecule has 0 amide bonds. The minimum atomic E-state index is -1.14. The van der Waals surface area contributed by atoms with E-state index in [-0.39, 0.29) is 0 Å². The highest BCUT2D eigenvalue weighted by Gasteiger charge is 2.24. The molecule has 0 bridgehead atoms. The van der Waals surface area contributed by atoms with Crippen LogP contribution in [0.5, 0.6) is 0 Å². The molecule has 0 aliphatic carbocycles. The Balaban J connectivity index is 2.90. The van der Waals surface area contributed by atoms with Crippen LogP contribution in [0.3, 0.4) is 0 Å². The van der Waals surface area contributed by atoms with Gasteiger partial charge < -0.3 is 10.2 Å². The molecule has 17 heavy (non-hydrogen) atoms. The third kappa shape index (κ3) is 3.72. The van der Waals surface area contributed by atoms with E-state index in [1.165, 1.54) is 6.92 Å². The number of hydrogen-bond donors (Lipinski definition) is 3. The lowest BCUT2D eigenvalue weighted by molar-refractivity contribution is -0.142. The highest BCUT2D eigenvalue weighted by Crippen LogP contribution is 2.17. The molecular formula is C11H12ClNO4. The summed E-state index contributed by atoms with van der Waals surface area (Å²) in [6.45, 7) is 1.38. The van der Waals surface area contributed by atoms with E-state index < -0.39 is 24.0 Å². The Morgan fingerprint density at radius 3 is 2.12 bits per heavy atom. The van der Waals surface area contributed by atoms with E-state index in [1.54, 1.807) is 24.3 Å². The van der Waals surface area contributed by atoms with Crippen LogP contribution in [0.15, 0.2) is 24.3 Å². The zero-order chi connectivity index (χ0) is 13.0. The van der Waals surface area contributed by atoms with Crippen LogP contribution in [0.1, 0.15) is 18.5 Å². The molecule has 0 fully saturated rings. The predicted octanol–water partition coefficient (Wildman–Crippen LogP) is 1.53. The molecule has 3 N–H and O–H groups in total. The molecule has 6 heteroatoms. The third-order valence-electron chi connectivity index (χ3n) is 2.24. The van der Waals surface area contributed by atoms with E-state index >= 15 is 0 Å².